The summed E-state index contributed by atoms with van der Waals surface area (Å²) >= 11 is 1.70. The number of amides is 1. The number of hydrogen-bond donors (Lipinski definition) is 2. The molecule has 21 heavy (non-hydrogen) atoms. The number of carbonyl (C=O) groups excluding carboxylic acids is 1. The van der Waals surface area contributed by atoms with E-state index in [-0.39, 0.29) is 11.8 Å². The topological polar surface area (TPSA) is 66.4 Å². The van der Waals surface area contributed by atoms with E-state index < -0.39 is 11.5 Å². The number of rotatable bonds is 4. The molecule has 2 N–H and O–H groups in total. The van der Waals surface area contributed by atoms with Gasteiger partial charge in [0.05, 0.1) is 0 Å². The van der Waals surface area contributed by atoms with E-state index in [0.717, 1.165) is 25.7 Å². The van der Waals surface area contributed by atoms with E-state index in [4.69, 9.17) is 0 Å². The molecule has 1 heterocycles. The Hall–Kier alpha value is -1.36. The van der Waals surface area contributed by atoms with Crippen molar-refractivity contribution in [1.82, 2.24) is 5.32 Å². The fraction of sp³-hybridized carbons (Fsp3) is 0.625. The molecule has 1 aromatic heterocycles. The summed E-state index contributed by atoms with van der Waals surface area (Å²) in [6, 6.07) is 2.08. The molecule has 0 aliphatic heterocycles. The van der Waals surface area contributed by atoms with Crippen molar-refractivity contribution in [2.75, 3.05) is 0 Å². The average molecular weight is 307 g/mol. The van der Waals surface area contributed by atoms with Crippen LogP contribution in [0.4, 0.5) is 0 Å². The summed E-state index contributed by atoms with van der Waals surface area (Å²) in [4.78, 5) is 25.3. The van der Waals surface area contributed by atoms with Crippen LogP contribution in [-0.2, 0) is 9.59 Å². The quantitative estimate of drug-likeness (QED) is 0.898. The molecule has 0 bridgehead atoms. The molecule has 2 atom stereocenters. The standard InChI is InChI=1S/C16H21NO3S/c1-10-5-8-21-13(10)11-9-12(11)14(18)17-16(15(19)20)6-3-2-4-7-16/h5,8,11-12H,2-4,6-7,9H2,1H3,(H,17,18)(H,19,20). The number of aliphatic carboxylic acids is 1. The Labute approximate surface area is 128 Å². The first-order chi connectivity index (χ1) is 10.0. The van der Waals surface area contributed by atoms with Crippen molar-refractivity contribution in [3.63, 3.8) is 0 Å². The molecule has 2 unspecified atom stereocenters. The van der Waals surface area contributed by atoms with Crippen LogP contribution in [0.1, 0.15) is 54.9 Å². The van der Waals surface area contributed by atoms with Crippen molar-refractivity contribution in [2.24, 2.45) is 5.92 Å². The lowest BCUT2D eigenvalue weighted by Crippen LogP contribution is -2.56. The lowest BCUT2D eigenvalue weighted by Gasteiger charge is -2.34. The molecule has 1 amide bonds. The molecule has 0 saturated heterocycles. The van der Waals surface area contributed by atoms with Crippen molar-refractivity contribution < 1.29 is 14.7 Å². The molecule has 0 spiro atoms. The second-order valence-electron chi connectivity index (χ2n) is 6.35. The van der Waals surface area contributed by atoms with Crippen LogP contribution >= 0.6 is 11.3 Å². The minimum absolute atomic E-state index is 0.0412. The molecule has 4 nitrogen and oxygen atoms in total. The van der Waals surface area contributed by atoms with E-state index in [9.17, 15) is 14.7 Å². The van der Waals surface area contributed by atoms with Crippen LogP contribution in [0, 0.1) is 12.8 Å². The molecule has 0 aromatic carbocycles. The molecule has 2 aliphatic rings. The zero-order valence-electron chi connectivity index (χ0n) is 12.2. The van der Waals surface area contributed by atoms with Gasteiger partial charge >= 0.3 is 5.97 Å². The normalized spacial score (nSPS) is 27.1. The summed E-state index contributed by atoms with van der Waals surface area (Å²) in [6.07, 6.45) is 4.79. The molecule has 3 rings (SSSR count). The predicted octanol–water partition coefficient (Wildman–Crippen LogP) is 3.06. The Bertz CT molecular complexity index is 560. The molecule has 0 radical (unpaired) electrons. The van der Waals surface area contributed by atoms with Gasteiger partial charge in [-0.3, -0.25) is 4.79 Å². The van der Waals surface area contributed by atoms with Crippen LogP contribution < -0.4 is 5.32 Å². The second-order valence-corrected chi connectivity index (χ2v) is 7.30. The van der Waals surface area contributed by atoms with Crippen molar-refractivity contribution in [3.8, 4) is 0 Å². The van der Waals surface area contributed by atoms with Gasteiger partial charge in [-0.15, -0.1) is 11.3 Å². The Kier molecular flexibility index (Phi) is 3.78. The third-order valence-corrected chi connectivity index (χ3v) is 6.00. The molecular formula is C16H21NO3S. The van der Waals surface area contributed by atoms with Gasteiger partial charge in [-0.2, -0.15) is 0 Å². The first-order valence-electron chi connectivity index (χ1n) is 7.63. The van der Waals surface area contributed by atoms with Gasteiger partial charge in [-0.25, -0.2) is 4.79 Å². The van der Waals surface area contributed by atoms with E-state index in [1.54, 1.807) is 11.3 Å². The van der Waals surface area contributed by atoms with Crippen LogP contribution in [0.2, 0.25) is 0 Å². The minimum atomic E-state index is -1.02. The van der Waals surface area contributed by atoms with Crippen molar-refractivity contribution in [3.05, 3.63) is 21.9 Å². The van der Waals surface area contributed by atoms with Crippen LogP contribution in [-0.4, -0.2) is 22.5 Å². The van der Waals surface area contributed by atoms with Crippen LogP contribution in [0.25, 0.3) is 0 Å². The summed E-state index contributed by atoms with van der Waals surface area (Å²) in [7, 11) is 0. The van der Waals surface area contributed by atoms with E-state index in [2.05, 4.69) is 23.7 Å². The van der Waals surface area contributed by atoms with Crippen molar-refractivity contribution in [1.29, 1.82) is 0 Å². The zero-order chi connectivity index (χ0) is 15.0. The molecular weight excluding hydrogens is 286 g/mol. The summed E-state index contributed by atoms with van der Waals surface area (Å²) in [5, 5.41) is 14.4. The van der Waals surface area contributed by atoms with Gasteiger partial charge < -0.3 is 10.4 Å². The number of carbonyl (C=O) groups is 2. The lowest BCUT2D eigenvalue weighted by molar-refractivity contribution is -0.149. The number of nitrogens with one attached hydrogen (secondary N) is 1. The minimum Gasteiger partial charge on any atom is -0.480 e. The molecule has 5 heteroatoms. The Morgan fingerprint density at radius 3 is 2.62 bits per heavy atom. The maximum absolute atomic E-state index is 12.4. The van der Waals surface area contributed by atoms with Gasteiger partial charge in [0.2, 0.25) is 5.91 Å². The highest BCUT2D eigenvalue weighted by Gasteiger charge is 2.49. The highest BCUT2D eigenvalue weighted by Crippen LogP contribution is 2.50. The number of thiophene rings is 1. The van der Waals surface area contributed by atoms with Gasteiger partial charge in [0, 0.05) is 16.7 Å². The van der Waals surface area contributed by atoms with Crippen molar-refractivity contribution in [2.45, 2.75) is 56.9 Å². The van der Waals surface area contributed by atoms with Crippen molar-refractivity contribution >= 4 is 23.2 Å². The molecule has 2 fully saturated rings. The lowest BCUT2D eigenvalue weighted by atomic mass is 9.81. The summed E-state index contributed by atoms with van der Waals surface area (Å²) in [6.45, 7) is 2.07. The van der Waals surface area contributed by atoms with E-state index in [0.29, 0.717) is 18.8 Å². The summed E-state index contributed by atoms with van der Waals surface area (Å²) in [5.41, 5.74) is 0.221. The fourth-order valence-electron chi connectivity index (χ4n) is 3.42. The second kappa shape index (κ2) is 5.44. The molecule has 2 aliphatic carbocycles. The highest BCUT2D eigenvalue weighted by molar-refractivity contribution is 7.10. The highest BCUT2D eigenvalue weighted by atomic mass is 32.1. The molecule has 2 saturated carbocycles. The van der Waals surface area contributed by atoms with Gasteiger partial charge in [0.1, 0.15) is 5.54 Å². The van der Waals surface area contributed by atoms with Crippen LogP contribution in [0.3, 0.4) is 0 Å². The third kappa shape index (κ3) is 2.71. The SMILES string of the molecule is Cc1ccsc1C1CC1C(=O)NC1(C(=O)O)CCCCC1. The maximum atomic E-state index is 12.4. The first-order valence-corrected chi connectivity index (χ1v) is 8.51. The summed E-state index contributed by atoms with van der Waals surface area (Å²) < 4.78 is 0. The Morgan fingerprint density at radius 1 is 1.33 bits per heavy atom. The maximum Gasteiger partial charge on any atom is 0.329 e. The van der Waals surface area contributed by atoms with E-state index in [1.165, 1.54) is 10.4 Å². The largest absolute Gasteiger partial charge is 0.480 e. The van der Waals surface area contributed by atoms with Crippen LogP contribution in [0.5, 0.6) is 0 Å². The van der Waals surface area contributed by atoms with Crippen LogP contribution in [0.15, 0.2) is 11.4 Å². The van der Waals surface area contributed by atoms with E-state index in [1.807, 2.05) is 0 Å². The Morgan fingerprint density at radius 2 is 2.05 bits per heavy atom. The number of hydrogen-bond acceptors (Lipinski definition) is 3. The summed E-state index contributed by atoms with van der Waals surface area (Å²) in [5.74, 6) is -0.697. The average Bonchev–Trinajstić information content (AvgIpc) is 3.15. The smallest absolute Gasteiger partial charge is 0.329 e. The number of carboxylic acid groups (broad SMARTS) is 1. The van der Waals surface area contributed by atoms with E-state index >= 15 is 0 Å². The first kappa shape index (κ1) is 14.6. The van der Waals surface area contributed by atoms with Gasteiger partial charge in [-0.05, 0) is 43.2 Å². The molecule has 114 valence electrons. The third-order valence-electron chi connectivity index (χ3n) is 4.84. The van der Waals surface area contributed by atoms with Gasteiger partial charge in [0.25, 0.3) is 0 Å². The van der Waals surface area contributed by atoms with Gasteiger partial charge in [0.15, 0.2) is 0 Å². The Balaban J connectivity index is 1.67. The zero-order valence-corrected chi connectivity index (χ0v) is 13.0. The number of carboxylic acids is 1. The monoisotopic (exact) mass is 307 g/mol. The van der Waals surface area contributed by atoms with Gasteiger partial charge in [-0.1, -0.05) is 19.3 Å². The molecule has 1 aromatic rings. The number of aryl methyl sites for hydroxylation is 1. The fourth-order valence-corrected chi connectivity index (χ4v) is 4.52. The predicted molar refractivity (Wildman–Crippen MR) is 81.5 cm³/mol.